The first-order valence-electron chi connectivity index (χ1n) is 17.6. The van der Waals surface area contributed by atoms with Crippen LogP contribution in [0.5, 0.6) is 0 Å². The van der Waals surface area contributed by atoms with Gasteiger partial charge in [0.15, 0.2) is 0 Å². The molecule has 0 aromatic heterocycles. The lowest BCUT2D eigenvalue weighted by Crippen LogP contribution is -2.09. The molecule has 0 aliphatic carbocycles. The van der Waals surface area contributed by atoms with E-state index in [9.17, 15) is 0 Å². The molecule has 0 atom stereocenters. The van der Waals surface area contributed by atoms with Crippen LogP contribution in [0.15, 0.2) is 200 Å². The van der Waals surface area contributed by atoms with E-state index in [2.05, 4.69) is 205 Å². The molecule has 0 aliphatic heterocycles. The van der Waals surface area contributed by atoms with Gasteiger partial charge in [0, 0.05) is 17.1 Å². The van der Waals surface area contributed by atoms with Crippen molar-refractivity contribution >= 4 is 70.9 Å². The number of rotatable bonds is 5. The molecule has 10 aromatic rings. The molecule has 0 spiro atoms. The van der Waals surface area contributed by atoms with Gasteiger partial charge in [-0.25, -0.2) is 0 Å². The molecule has 0 radical (unpaired) electrons. The number of para-hydroxylation sites is 1. The summed E-state index contributed by atoms with van der Waals surface area (Å²) in [5, 5.41) is 12.8. The van der Waals surface area contributed by atoms with E-state index >= 15 is 0 Å². The van der Waals surface area contributed by atoms with Crippen molar-refractivity contribution in [3.8, 4) is 22.3 Å². The second-order valence-corrected chi connectivity index (χ2v) is 13.3. The molecule has 238 valence electrons. The summed E-state index contributed by atoms with van der Waals surface area (Å²) in [6, 6.07) is 72.9. The van der Waals surface area contributed by atoms with Gasteiger partial charge in [-0.05, 0) is 125 Å². The first kappa shape index (κ1) is 29.2. The summed E-state index contributed by atoms with van der Waals surface area (Å²) in [5.74, 6) is 0. The quantitative estimate of drug-likeness (QED) is 0.168. The molecular formula is C50H33N. The maximum atomic E-state index is 2.34. The third kappa shape index (κ3) is 5.02. The van der Waals surface area contributed by atoms with Crippen LogP contribution in [0.25, 0.3) is 76.1 Å². The van der Waals surface area contributed by atoms with Crippen molar-refractivity contribution in [1.29, 1.82) is 0 Å². The Kier molecular flexibility index (Phi) is 6.89. The number of anilines is 3. The van der Waals surface area contributed by atoms with Crippen molar-refractivity contribution in [2.45, 2.75) is 0 Å². The highest BCUT2D eigenvalue weighted by Crippen LogP contribution is 2.40. The van der Waals surface area contributed by atoms with Crippen molar-refractivity contribution < 1.29 is 0 Å². The van der Waals surface area contributed by atoms with E-state index < -0.39 is 0 Å². The first-order chi connectivity index (χ1) is 25.3. The van der Waals surface area contributed by atoms with Gasteiger partial charge in [0.25, 0.3) is 0 Å². The number of benzene rings is 10. The van der Waals surface area contributed by atoms with E-state index in [1.807, 2.05) is 0 Å². The van der Waals surface area contributed by atoms with Crippen molar-refractivity contribution in [2.75, 3.05) is 4.90 Å². The van der Waals surface area contributed by atoms with Gasteiger partial charge >= 0.3 is 0 Å². The molecule has 0 amide bonds. The monoisotopic (exact) mass is 647 g/mol. The molecule has 1 nitrogen and oxygen atoms in total. The zero-order valence-electron chi connectivity index (χ0n) is 28.0. The average Bonchev–Trinajstić information content (AvgIpc) is 3.21. The van der Waals surface area contributed by atoms with Crippen LogP contribution in [-0.2, 0) is 0 Å². The van der Waals surface area contributed by atoms with Gasteiger partial charge in [0.2, 0.25) is 0 Å². The molecule has 10 rings (SSSR count). The highest BCUT2D eigenvalue weighted by atomic mass is 15.1. The second kappa shape index (κ2) is 12.0. The van der Waals surface area contributed by atoms with Gasteiger partial charge in [-0.2, -0.15) is 0 Å². The summed E-state index contributed by atoms with van der Waals surface area (Å²) in [4.78, 5) is 2.34. The minimum Gasteiger partial charge on any atom is -0.311 e. The number of hydrogen-bond acceptors (Lipinski definition) is 1. The first-order valence-corrected chi connectivity index (χ1v) is 17.6. The SMILES string of the molecule is c1ccc(N(c2ccc(-c3ccc4c(ccc5c6ccccc6ccc45)c3)cc2)c2ccc(-c3cc4ccccc4c4ccccc34)cc2)cc1. The Balaban J connectivity index is 1.01. The van der Waals surface area contributed by atoms with Crippen LogP contribution in [-0.4, -0.2) is 0 Å². The molecule has 0 N–H and O–H groups in total. The Bertz CT molecular complexity index is 2890. The molecular weight excluding hydrogens is 615 g/mol. The number of fused-ring (bicyclic) bond motifs is 8. The molecule has 0 saturated carbocycles. The Labute approximate surface area is 297 Å². The van der Waals surface area contributed by atoms with Crippen LogP contribution in [0.3, 0.4) is 0 Å². The molecule has 10 aromatic carbocycles. The Morgan fingerprint density at radius 1 is 0.235 bits per heavy atom. The molecule has 0 fully saturated rings. The standard InChI is InChI=1S/C50H33N/c1-2-12-40(13-3-1)51(42-27-20-36(21-28-42)50-33-38-11-5-7-15-44(38)46-16-8-9-17-47(46)50)41-25-18-34(19-26-41)37-23-29-45-39(32-37)24-31-48-43-14-6-4-10-35(43)22-30-49(45)48/h1-33H. The lowest BCUT2D eigenvalue weighted by atomic mass is 9.93. The highest BCUT2D eigenvalue weighted by molar-refractivity contribution is 6.17. The molecule has 0 saturated heterocycles. The topological polar surface area (TPSA) is 3.24 Å². The zero-order valence-corrected chi connectivity index (χ0v) is 28.0. The van der Waals surface area contributed by atoms with Crippen LogP contribution in [0.4, 0.5) is 17.1 Å². The fourth-order valence-corrected chi connectivity index (χ4v) is 7.92. The zero-order chi connectivity index (χ0) is 33.7. The minimum absolute atomic E-state index is 1.12. The summed E-state index contributed by atoms with van der Waals surface area (Å²) in [6.07, 6.45) is 0. The summed E-state index contributed by atoms with van der Waals surface area (Å²) >= 11 is 0. The normalized spacial score (nSPS) is 11.5. The lowest BCUT2D eigenvalue weighted by Gasteiger charge is -2.26. The van der Waals surface area contributed by atoms with Gasteiger partial charge in [-0.3, -0.25) is 0 Å². The van der Waals surface area contributed by atoms with Crippen LogP contribution in [0.1, 0.15) is 0 Å². The highest BCUT2D eigenvalue weighted by Gasteiger charge is 2.15. The smallest absolute Gasteiger partial charge is 0.0462 e. The lowest BCUT2D eigenvalue weighted by molar-refractivity contribution is 1.28. The van der Waals surface area contributed by atoms with Crippen LogP contribution in [0.2, 0.25) is 0 Å². The Hall–Kier alpha value is -6.70. The summed E-state index contributed by atoms with van der Waals surface area (Å²) in [6.45, 7) is 0. The summed E-state index contributed by atoms with van der Waals surface area (Å²) < 4.78 is 0. The van der Waals surface area contributed by atoms with E-state index in [-0.39, 0.29) is 0 Å². The van der Waals surface area contributed by atoms with Crippen molar-refractivity contribution in [3.63, 3.8) is 0 Å². The molecule has 0 aliphatic rings. The van der Waals surface area contributed by atoms with Crippen LogP contribution in [0, 0.1) is 0 Å². The van der Waals surface area contributed by atoms with E-state index in [4.69, 9.17) is 0 Å². The van der Waals surface area contributed by atoms with Crippen LogP contribution >= 0.6 is 0 Å². The Morgan fingerprint density at radius 2 is 0.667 bits per heavy atom. The van der Waals surface area contributed by atoms with Gasteiger partial charge in [-0.15, -0.1) is 0 Å². The molecule has 0 bridgehead atoms. The largest absolute Gasteiger partial charge is 0.311 e. The summed E-state index contributed by atoms with van der Waals surface area (Å²) in [5.41, 5.74) is 8.24. The number of nitrogens with zero attached hydrogens (tertiary/aromatic N) is 1. The van der Waals surface area contributed by atoms with E-state index in [0.717, 1.165) is 17.1 Å². The van der Waals surface area contributed by atoms with Crippen molar-refractivity contribution in [3.05, 3.63) is 200 Å². The third-order valence-electron chi connectivity index (χ3n) is 10.4. The second-order valence-electron chi connectivity index (χ2n) is 13.3. The van der Waals surface area contributed by atoms with E-state index in [1.54, 1.807) is 0 Å². The predicted octanol–water partition coefficient (Wildman–Crippen LogP) is 14.3. The van der Waals surface area contributed by atoms with E-state index in [1.165, 1.54) is 76.1 Å². The summed E-state index contributed by atoms with van der Waals surface area (Å²) in [7, 11) is 0. The van der Waals surface area contributed by atoms with Gasteiger partial charge in [-0.1, -0.05) is 152 Å². The molecule has 0 unspecified atom stereocenters. The molecule has 51 heavy (non-hydrogen) atoms. The van der Waals surface area contributed by atoms with Crippen molar-refractivity contribution in [2.24, 2.45) is 0 Å². The predicted molar refractivity (Wildman–Crippen MR) is 220 cm³/mol. The molecule has 0 heterocycles. The van der Waals surface area contributed by atoms with Gasteiger partial charge in [0.05, 0.1) is 0 Å². The van der Waals surface area contributed by atoms with E-state index in [0.29, 0.717) is 0 Å². The van der Waals surface area contributed by atoms with Gasteiger partial charge in [0.1, 0.15) is 0 Å². The maximum Gasteiger partial charge on any atom is 0.0462 e. The maximum absolute atomic E-state index is 2.34. The Morgan fingerprint density at radius 3 is 1.37 bits per heavy atom. The fraction of sp³-hybridized carbons (Fsp3) is 0. The average molecular weight is 648 g/mol. The van der Waals surface area contributed by atoms with Crippen molar-refractivity contribution in [1.82, 2.24) is 0 Å². The number of hydrogen-bond donors (Lipinski definition) is 0. The van der Waals surface area contributed by atoms with Gasteiger partial charge < -0.3 is 4.90 Å². The fourth-order valence-electron chi connectivity index (χ4n) is 7.92. The third-order valence-corrected chi connectivity index (χ3v) is 10.4. The minimum atomic E-state index is 1.12. The molecule has 1 heteroatoms. The van der Waals surface area contributed by atoms with Crippen LogP contribution < -0.4 is 4.90 Å².